The lowest BCUT2D eigenvalue weighted by Gasteiger charge is -2.21. The summed E-state index contributed by atoms with van der Waals surface area (Å²) in [6.45, 7) is 6.56. The molecule has 0 saturated carbocycles. The van der Waals surface area contributed by atoms with Crippen molar-refractivity contribution >= 4 is 23.4 Å². The summed E-state index contributed by atoms with van der Waals surface area (Å²) in [6, 6.07) is 3.75. The zero-order chi connectivity index (χ0) is 16.8. The highest BCUT2D eigenvalue weighted by molar-refractivity contribution is 7.98. The van der Waals surface area contributed by atoms with Gasteiger partial charge < -0.3 is 4.90 Å². The lowest BCUT2D eigenvalue weighted by Crippen LogP contribution is -2.31. The normalized spacial score (nSPS) is 10.6. The number of amides is 1. The van der Waals surface area contributed by atoms with Crippen LogP contribution in [0.15, 0.2) is 29.7 Å². The first-order chi connectivity index (χ1) is 11.1. The molecule has 2 rings (SSSR count). The summed E-state index contributed by atoms with van der Waals surface area (Å²) < 4.78 is 0. The van der Waals surface area contributed by atoms with Gasteiger partial charge in [-0.05, 0) is 51.1 Å². The molecule has 0 aromatic carbocycles. The van der Waals surface area contributed by atoms with Crippen molar-refractivity contribution < 1.29 is 4.79 Å². The Bertz CT molecular complexity index is 653. The second-order valence-corrected chi connectivity index (χ2v) is 5.98. The molecule has 5 nitrogen and oxygen atoms in total. The van der Waals surface area contributed by atoms with Gasteiger partial charge in [0, 0.05) is 30.6 Å². The number of hydrogen-bond acceptors (Lipinski definition) is 5. The van der Waals surface area contributed by atoms with Gasteiger partial charge in [0.1, 0.15) is 0 Å². The van der Waals surface area contributed by atoms with Gasteiger partial charge in [0.15, 0.2) is 5.16 Å². The first kappa shape index (κ1) is 17.4. The Hall–Kier alpha value is -1.95. The maximum atomic E-state index is 12.5. The summed E-state index contributed by atoms with van der Waals surface area (Å²) in [5, 5.41) is 0.778. The number of pyridine rings is 1. The number of thioether (sulfide) groups is 1. The average Bonchev–Trinajstić information content (AvgIpc) is 2.55. The summed E-state index contributed by atoms with van der Waals surface area (Å²) >= 11 is 1.53. The second kappa shape index (κ2) is 8.06. The molecule has 0 bridgehead atoms. The average molecular weight is 330 g/mol. The number of carbonyl (C=O) groups is 1. The van der Waals surface area contributed by atoms with Crippen LogP contribution < -0.4 is 4.90 Å². The van der Waals surface area contributed by atoms with E-state index < -0.39 is 0 Å². The molecule has 0 atom stereocenters. The van der Waals surface area contributed by atoms with Crippen molar-refractivity contribution in [3.05, 3.63) is 41.5 Å². The molecule has 0 aliphatic rings. The Morgan fingerprint density at radius 2 is 1.96 bits per heavy atom. The largest absolute Gasteiger partial charge is 0.311 e. The minimum absolute atomic E-state index is 0.0910. The molecule has 0 aliphatic carbocycles. The van der Waals surface area contributed by atoms with Crippen molar-refractivity contribution in [2.45, 2.75) is 38.8 Å². The molecular formula is C17H22N4OS. The molecule has 2 aromatic rings. The van der Waals surface area contributed by atoms with Crippen LogP contribution in [0.25, 0.3) is 0 Å². The molecule has 0 N–H and O–H groups in total. The number of rotatable bonds is 6. The van der Waals surface area contributed by atoms with Crippen LogP contribution in [0.3, 0.4) is 0 Å². The van der Waals surface area contributed by atoms with Crippen LogP contribution in [-0.4, -0.2) is 33.7 Å². The van der Waals surface area contributed by atoms with Crippen molar-refractivity contribution in [2.75, 3.05) is 17.7 Å². The van der Waals surface area contributed by atoms with E-state index in [9.17, 15) is 4.79 Å². The van der Waals surface area contributed by atoms with E-state index in [1.54, 1.807) is 17.3 Å². The molecule has 1 amide bonds. The van der Waals surface area contributed by atoms with Gasteiger partial charge in [-0.3, -0.25) is 9.78 Å². The SMILES string of the molecule is CCN(C(=O)CCc1c(C)nc(SC)nc1C)c1cccnc1. The second-order valence-electron chi connectivity index (χ2n) is 5.21. The fourth-order valence-corrected chi connectivity index (χ4v) is 3.00. The van der Waals surface area contributed by atoms with Crippen molar-refractivity contribution in [3.8, 4) is 0 Å². The van der Waals surface area contributed by atoms with Crippen LogP contribution >= 0.6 is 11.8 Å². The lowest BCUT2D eigenvalue weighted by atomic mass is 10.1. The minimum Gasteiger partial charge on any atom is -0.311 e. The minimum atomic E-state index is 0.0910. The molecule has 6 heteroatoms. The molecule has 122 valence electrons. The molecule has 0 saturated heterocycles. The zero-order valence-corrected chi connectivity index (χ0v) is 14.9. The van der Waals surface area contributed by atoms with Crippen LogP contribution in [0.5, 0.6) is 0 Å². The predicted molar refractivity (Wildman–Crippen MR) is 93.9 cm³/mol. The fraction of sp³-hybridized carbons (Fsp3) is 0.412. The molecule has 0 spiro atoms. The van der Waals surface area contributed by atoms with E-state index in [1.807, 2.05) is 39.2 Å². The van der Waals surface area contributed by atoms with E-state index in [0.29, 0.717) is 19.4 Å². The summed E-state index contributed by atoms with van der Waals surface area (Å²) in [5.41, 5.74) is 3.82. The molecule has 23 heavy (non-hydrogen) atoms. The Morgan fingerprint density at radius 1 is 1.26 bits per heavy atom. The summed E-state index contributed by atoms with van der Waals surface area (Å²) in [6.07, 6.45) is 6.48. The van der Waals surface area contributed by atoms with E-state index >= 15 is 0 Å². The van der Waals surface area contributed by atoms with Crippen LogP contribution in [0.4, 0.5) is 5.69 Å². The highest BCUT2D eigenvalue weighted by Crippen LogP contribution is 2.19. The van der Waals surface area contributed by atoms with E-state index in [-0.39, 0.29) is 5.91 Å². The molecule has 2 aromatic heterocycles. The Balaban J connectivity index is 2.10. The summed E-state index contributed by atoms with van der Waals surface area (Å²) in [4.78, 5) is 27.3. The van der Waals surface area contributed by atoms with E-state index in [4.69, 9.17) is 0 Å². The van der Waals surface area contributed by atoms with Crippen molar-refractivity contribution in [1.29, 1.82) is 0 Å². The molecule has 0 unspecified atom stereocenters. The molecule has 0 fully saturated rings. The number of nitrogens with zero attached hydrogens (tertiary/aromatic N) is 4. The van der Waals surface area contributed by atoms with Crippen LogP contribution in [0.2, 0.25) is 0 Å². The smallest absolute Gasteiger partial charge is 0.227 e. The standard InChI is InChI=1S/C17H22N4OS/c1-5-21(14-7-6-10-18-11-14)16(22)9-8-15-12(2)19-17(23-4)20-13(15)3/h6-7,10-11H,5,8-9H2,1-4H3. The van der Waals surface area contributed by atoms with Gasteiger partial charge in [-0.1, -0.05) is 11.8 Å². The molecule has 2 heterocycles. The van der Waals surface area contributed by atoms with Gasteiger partial charge in [-0.2, -0.15) is 0 Å². The predicted octanol–water partition coefficient (Wildman–Crippen LogP) is 3.20. The van der Waals surface area contributed by atoms with E-state index in [0.717, 1.165) is 27.8 Å². The van der Waals surface area contributed by atoms with Crippen LogP contribution in [0.1, 0.15) is 30.3 Å². The van der Waals surface area contributed by atoms with Gasteiger partial charge in [0.25, 0.3) is 0 Å². The topological polar surface area (TPSA) is 59.0 Å². The van der Waals surface area contributed by atoms with Crippen molar-refractivity contribution in [2.24, 2.45) is 0 Å². The van der Waals surface area contributed by atoms with Crippen LogP contribution in [-0.2, 0) is 11.2 Å². The maximum Gasteiger partial charge on any atom is 0.227 e. The van der Waals surface area contributed by atoms with Gasteiger partial charge in [-0.15, -0.1) is 0 Å². The quantitative estimate of drug-likeness (QED) is 0.601. The fourth-order valence-electron chi connectivity index (χ4n) is 2.55. The van der Waals surface area contributed by atoms with E-state index in [1.165, 1.54) is 11.8 Å². The monoisotopic (exact) mass is 330 g/mol. The van der Waals surface area contributed by atoms with E-state index in [2.05, 4.69) is 15.0 Å². The van der Waals surface area contributed by atoms with Gasteiger partial charge in [-0.25, -0.2) is 9.97 Å². The number of aromatic nitrogens is 3. The Kier molecular flexibility index (Phi) is 6.10. The number of hydrogen-bond donors (Lipinski definition) is 0. The first-order valence-corrected chi connectivity index (χ1v) is 8.87. The zero-order valence-electron chi connectivity index (χ0n) is 14.0. The third-order valence-corrected chi connectivity index (χ3v) is 4.29. The number of anilines is 1. The molecule has 0 radical (unpaired) electrons. The highest BCUT2D eigenvalue weighted by Gasteiger charge is 2.16. The summed E-state index contributed by atoms with van der Waals surface area (Å²) in [7, 11) is 0. The highest BCUT2D eigenvalue weighted by atomic mass is 32.2. The Labute approximate surface area is 141 Å². The van der Waals surface area contributed by atoms with Crippen molar-refractivity contribution in [1.82, 2.24) is 15.0 Å². The van der Waals surface area contributed by atoms with Crippen molar-refractivity contribution in [3.63, 3.8) is 0 Å². The van der Waals surface area contributed by atoms with Gasteiger partial charge >= 0.3 is 0 Å². The third-order valence-electron chi connectivity index (χ3n) is 3.75. The number of carbonyl (C=O) groups excluding carboxylic acids is 1. The van der Waals surface area contributed by atoms with Gasteiger partial charge in [0.05, 0.1) is 11.9 Å². The lowest BCUT2D eigenvalue weighted by molar-refractivity contribution is -0.118. The Morgan fingerprint density at radius 3 is 2.48 bits per heavy atom. The van der Waals surface area contributed by atoms with Gasteiger partial charge in [0.2, 0.25) is 5.91 Å². The van der Waals surface area contributed by atoms with Crippen LogP contribution in [0, 0.1) is 13.8 Å². The molecule has 0 aliphatic heterocycles. The number of aryl methyl sites for hydroxylation is 2. The molecular weight excluding hydrogens is 308 g/mol. The summed E-state index contributed by atoms with van der Waals surface area (Å²) in [5.74, 6) is 0.0910. The third kappa shape index (κ3) is 4.28. The first-order valence-electron chi connectivity index (χ1n) is 7.65. The maximum absolute atomic E-state index is 12.5.